The van der Waals surface area contributed by atoms with Gasteiger partial charge in [0, 0.05) is 33.0 Å². The van der Waals surface area contributed by atoms with E-state index in [1.165, 1.54) is 16.7 Å². The van der Waals surface area contributed by atoms with Gasteiger partial charge in [-0.3, -0.25) is 14.4 Å². The molecule has 2 fully saturated rings. The number of carboxylic acid groups (broad SMARTS) is 1. The molecule has 6 nitrogen and oxygen atoms in total. The molecule has 2 saturated heterocycles. The van der Waals surface area contributed by atoms with Crippen molar-refractivity contribution in [1.29, 1.82) is 0 Å². The zero-order chi connectivity index (χ0) is 19.8. The first-order chi connectivity index (χ1) is 12.7. The summed E-state index contributed by atoms with van der Waals surface area (Å²) in [5.41, 5.74) is 2.92. The fraction of sp³-hybridized carbons (Fsp3) is 0.571. The Morgan fingerprint density at radius 2 is 1.74 bits per heavy atom. The Kier molecular flexibility index (Phi) is 5.27. The molecule has 1 atom stereocenters. The van der Waals surface area contributed by atoms with Crippen molar-refractivity contribution in [3.05, 3.63) is 34.9 Å². The van der Waals surface area contributed by atoms with E-state index in [-0.39, 0.29) is 18.2 Å². The molecule has 2 aliphatic heterocycles. The average Bonchev–Trinajstić information content (AvgIpc) is 2.85. The second-order valence-corrected chi connectivity index (χ2v) is 8.03. The van der Waals surface area contributed by atoms with Crippen LogP contribution in [0, 0.1) is 19.8 Å². The number of carbonyl (C=O) groups excluding carboxylic acids is 2. The molecule has 1 N–H and O–H groups in total. The van der Waals surface area contributed by atoms with Gasteiger partial charge in [-0.05, 0) is 38.7 Å². The van der Waals surface area contributed by atoms with Gasteiger partial charge in [-0.2, -0.15) is 0 Å². The van der Waals surface area contributed by atoms with Crippen molar-refractivity contribution in [3.63, 3.8) is 0 Å². The fourth-order valence-corrected chi connectivity index (χ4v) is 4.75. The number of piperidine rings is 1. The highest BCUT2D eigenvalue weighted by Gasteiger charge is 2.55. The minimum atomic E-state index is -0.915. The van der Waals surface area contributed by atoms with Crippen molar-refractivity contribution in [1.82, 2.24) is 9.80 Å². The van der Waals surface area contributed by atoms with E-state index in [1.807, 2.05) is 4.90 Å². The van der Waals surface area contributed by atoms with E-state index in [4.69, 9.17) is 0 Å². The summed E-state index contributed by atoms with van der Waals surface area (Å²) >= 11 is 0. The van der Waals surface area contributed by atoms with Crippen LogP contribution in [0.3, 0.4) is 0 Å². The number of aryl methyl sites for hydroxylation is 3. The fourth-order valence-electron chi connectivity index (χ4n) is 4.75. The van der Waals surface area contributed by atoms with Gasteiger partial charge in [0.05, 0.1) is 11.5 Å². The predicted octanol–water partition coefficient (Wildman–Crippen LogP) is 2.16. The number of amides is 2. The zero-order valence-electron chi connectivity index (χ0n) is 16.3. The van der Waals surface area contributed by atoms with Gasteiger partial charge in [0.1, 0.15) is 0 Å². The number of carboxylic acids is 1. The van der Waals surface area contributed by atoms with Crippen LogP contribution in [0.4, 0.5) is 0 Å². The summed E-state index contributed by atoms with van der Waals surface area (Å²) in [5, 5.41) is 9.54. The van der Waals surface area contributed by atoms with Crippen LogP contribution >= 0.6 is 0 Å². The highest BCUT2D eigenvalue weighted by atomic mass is 16.4. The quantitative estimate of drug-likeness (QED) is 0.879. The highest BCUT2D eigenvalue weighted by Crippen LogP contribution is 2.42. The maximum atomic E-state index is 12.6. The normalized spacial score (nSPS) is 21.7. The molecule has 0 aliphatic carbocycles. The molecular formula is C21H28N2O4. The van der Waals surface area contributed by atoms with Crippen LogP contribution < -0.4 is 0 Å². The molecule has 1 aromatic carbocycles. The van der Waals surface area contributed by atoms with Crippen molar-refractivity contribution in [2.45, 2.75) is 51.5 Å². The third-order valence-electron chi connectivity index (χ3n) is 6.26. The Labute approximate surface area is 160 Å². The summed E-state index contributed by atoms with van der Waals surface area (Å²) in [6.07, 6.45) is 2.28. The third kappa shape index (κ3) is 3.70. The van der Waals surface area contributed by atoms with Crippen molar-refractivity contribution >= 4 is 17.8 Å². The lowest BCUT2D eigenvalue weighted by molar-refractivity contribution is -0.147. The summed E-state index contributed by atoms with van der Waals surface area (Å²) in [5.74, 6) is -1.61. The predicted molar refractivity (Wildman–Crippen MR) is 101 cm³/mol. The molecule has 1 spiro atoms. The van der Waals surface area contributed by atoms with Crippen LogP contribution in [0.15, 0.2) is 18.2 Å². The second-order valence-electron chi connectivity index (χ2n) is 8.03. The van der Waals surface area contributed by atoms with Gasteiger partial charge in [0.25, 0.3) is 0 Å². The average molecular weight is 372 g/mol. The third-order valence-corrected chi connectivity index (χ3v) is 6.26. The van der Waals surface area contributed by atoms with Gasteiger partial charge in [-0.1, -0.05) is 29.3 Å². The molecule has 0 saturated carbocycles. The van der Waals surface area contributed by atoms with E-state index in [2.05, 4.69) is 32.0 Å². The van der Waals surface area contributed by atoms with Gasteiger partial charge in [0.2, 0.25) is 11.8 Å². The molecule has 2 aliphatic rings. The minimum Gasteiger partial charge on any atom is -0.481 e. The topological polar surface area (TPSA) is 77.9 Å². The molecule has 0 bridgehead atoms. The van der Waals surface area contributed by atoms with Crippen LogP contribution in [0.1, 0.15) is 42.4 Å². The molecule has 0 radical (unpaired) electrons. The van der Waals surface area contributed by atoms with Crippen molar-refractivity contribution in [2.24, 2.45) is 5.92 Å². The molecule has 3 rings (SSSR count). The van der Waals surface area contributed by atoms with Crippen LogP contribution in [-0.4, -0.2) is 58.4 Å². The molecule has 2 heterocycles. The maximum absolute atomic E-state index is 12.6. The van der Waals surface area contributed by atoms with Crippen molar-refractivity contribution in [3.8, 4) is 0 Å². The number of carbonyl (C=O) groups is 3. The molecule has 0 aromatic heterocycles. The minimum absolute atomic E-state index is 0.0620. The molecule has 1 aromatic rings. The zero-order valence-corrected chi connectivity index (χ0v) is 16.3. The summed E-state index contributed by atoms with van der Waals surface area (Å²) in [4.78, 5) is 39.8. The summed E-state index contributed by atoms with van der Waals surface area (Å²) < 4.78 is 0. The lowest BCUT2D eigenvalue weighted by atomic mass is 9.77. The summed E-state index contributed by atoms with van der Waals surface area (Å²) in [6.45, 7) is 5.13. The number of hydrogen-bond acceptors (Lipinski definition) is 3. The van der Waals surface area contributed by atoms with Gasteiger partial charge in [0.15, 0.2) is 0 Å². The number of hydrogen-bond donors (Lipinski definition) is 1. The Morgan fingerprint density at radius 1 is 1.15 bits per heavy atom. The molecule has 1 unspecified atom stereocenters. The van der Waals surface area contributed by atoms with Crippen LogP contribution in [-0.2, 0) is 20.8 Å². The molecular weight excluding hydrogens is 344 g/mol. The van der Waals surface area contributed by atoms with Crippen LogP contribution in [0.2, 0.25) is 0 Å². The van der Waals surface area contributed by atoms with Gasteiger partial charge < -0.3 is 14.9 Å². The van der Waals surface area contributed by atoms with E-state index in [1.54, 1.807) is 11.9 Å². The Balaban J connectivity index is 1.60. The number of rotatable bonds is 4. The smallest absolute Gasteiger partial charge is 0.309 e. The van der Waals surface area contributed by atoms with Crippen LogP contribution in [0.5, 0.6) is 0 Å². The van der Waals surface area contributed by atoms with Crippen molar-refractivity contribution in [2.75, 3.05) is 20.1 Å². The Bertz CT molecular complexity index is 745. The second kappa shape index (κ2) is 7.33. The number of benzene rings is 1. The van der Waals surface area contributed by atoms with E-state index >= 15 is 0 Å². The maximum Gasteiger partial charge on any atom is 0.309 e. The van der Waals surface area contributed by atoms with Gasteiger partial charge in [-0.15, -0.1) is 0 Å². The van der Waals surface area contributed by atoms with E-state index in [0.717, 1.165) is 0 Å². The molecule has 2 amide bonds. The van der Waals surface area contributed by atoms with E-state index in [0.29, 0.717) is 38.8 Å². The lowest BCUT2D eigenvalue weighted by Crippen LogP contribution is -2.57. The Morgan fingerprint density at radius 3 is 2.30 bits per heavy atom. The largest absolute Gasteiger partial charge is 0.481 e. The number of aliphatic carboxylic acids is 1. The van der Waals surface area contributed by atoms with E-state index in [9.17, 15) is 19.5 Å². The van der Waals surface area contributed by atoms with Gasteiger partial charge >= 0.3 is 5.97 Å². The summed E-state index contributed by atoms with van der Waals surface area (Å²) in [6, 6.07) is 6.34. The van der Waals surface area contributed by atoms with Crippen molar-refractivity contribution < 1.29 is 19.5 Å². The molecule has 6 heteroatoms. The lowest BCUT2D eigenvalue weighted by Gasteiger charge is -2.45. The summed E-state index contributed by atoms with van der Waals surface area (Å²) in [7, 11) is 1.70. The monoisotopic (exact) mass is 372 g/mol. The van der Waals surface area contributed by atoms with Crippen LogP contribution in [0.25, 0.3) is 0 Å². The van der Waals surface area contributed by atoms with Gasteiger partial charge in [-0.25, -0.2) is 0 Å². The van der Waals surface area contributed by atoms with E-state index < -0.39 is 17.4 Å². The highest BCUT2D eigenvalue weighted by molar-refractivity contribution is 5.88. The molecule has 27 heavy (non-hydrogen) atoms. The Hall–Kier alpha value is -2.37. The number of nitrogens with zero attached hydrogens (tertiary/aromatic N) is 2. The first-order valence-corrected chi connectivity index (χ1v) is 9.57. The number of likely N-dealkylation sites (tertiary alicyclic amines) is 2. The standard InChI is InChI=1S/C21H28N2O4/c1-14-10-15(2)12-16(11-14)4-5-18(24)23-8-6-21(7-9-23)17(20(26)27)13-19(25)22(21)3/h10-12,17H,4-9,13H2,1-3H3,(H,26,27). The first kappa shape index (κ1) is 19.4. The SMILES string of the molecule is Cc1cc(C)cc(CCC(=O)N2CCC3(CC2)C(C(=O)O)CC(=O)N3C)c1. The first-order valence-electron chi connectivity index (χ1n) is 9.57. The molecule has 146 valence electrons.